The maximum atomic E-state index is 11.1. The first-order valence-electron chi connectivity index (χ1n) is 5.15. The summed E-state index contributed by atoms with van der Waals surface area (Å²) in [4.78, 5) is 15.9. The first kappa shape index (κ1) is 15.3. The van der Waals surface area contributed by atoms with Gasteiger partial charge in [-0.1, -0.05) is 6.07 Å². The Labute approximate surface area is 105 Å². The molecule has 0 saturated heterocycles. The van der Waals surface area contributed by atoms with Gasteiger partial charge < -0.3 is 9.79 Å². The van der Waals surface area contributed by atoms with Gasteiger partial charge in [0.2, 0.25) is 0 Å². The molecule has 0 aliphatic rings. The lowest BCUT2D eigenvalue weighted by atomic mass is 10.3. The Morgan fingerprint density at radius 2 is 2.00 bits per heavy atom. The van der Waals surface area contributed by atoms with E-state index in [2.05, 4.69) is 0 Å². The summed E-state index contributed by atoms with van der Waals surface area (Å²) in [5.74, 6) is 0. The largest absolute Gasteiger partial charge is 0.346 e. The molecule has 0 aliphatic carbocycles. The van der Waals surface area contributed by atoms with E-state index in [1.165, 1.54) is 0 Å². The molecule has 3 N–H and O–H groups in total. The second-order valence-corrected chi connectivity index (χ2v) is 7.49. The van der Waals surface area contributed by atoms with E-state index >= 15 is 0 Å². The highest BCUT2D eigenvalue weighted by atomic mass is 32.2. The molecule has 7 nitrogen and oxygen atoms in total. The first-order chi connectivity index (χ1) is 8.16. The normalized spacial score (nSPS) is 14.4. The first-order valence-corrected chi connectivity index (χ1v) is 8.33. The smallest absolute Gasteiger partial charge is 0.323 e. The predicted molar refractivity (Wildman–Crippen MR) is 63.4 cm³/mol. The van der Waals surface area contributed by atoms with Crippen LogP contribution in [0.5, 0.6) is 0 Å². The van der Waals surface area contributed by atoms with E-state index in [0.29, 0.717) is 12.2 Å². The van der Waals surface area contributed by atoms with Crippen LogP contribution in [-0.2, 0) is 27.6 Å². The fraction of sp³-hybridized carbons (Fsp3) is 0.444. The van der Waals surface area contributed by atoms with Crippen LogP contribution in [0.2, 0.25) is 0 Å². The van der Waals surface area contributed by atoms with Gasteiger partial charge in [-0.15, -0.1) is 0 Å². The topological polar surface area (TPSA) is 116 Å². The molecule has 0 saturated carbocycles. The van der Waals surface area contributed by atoms with Crippen LogP contribution in [0.3, 0.4) is 0 Å². The van der Waals surface area contributed by atoms with Crippen molar-refractivity contribution in [3.8, 4) is 0 Å². The Hall–Kier alpha value is -0.790. The van der Waals surface area contributed by atoms with Gasteiger partial charge in [-0.05, 0) is 6.92 Å². The van der Waals surface area contributed by atoms with Crippen molar-refractivity contribution in [2.75, 3.05) is 0 Å². The van der Waals surface area contributed by atoms with Gasteiger partial charge in [0.15, 0.2) is 16.9 Å². The molecule has 1 aromatic rings. The van der Waals surface area contributed by atoms with Crippen molar-refractivity contribution in [2.24, 2.45) is 0 Å². The Bertz CT molecular complexity index is 566. The zero-order chi connectivity index (χ0) is 14.0. The molecule has 0 fully saturated rings. The summed E-state index contributed by atoms with van der Waals surface area (Å²) in [6, 6.07) is 4.90. The molecule has 0 aromatic carbocycles. The van der Waals surface area contributed by atoms with Gasteiger partial charge in [-0.3, -0.25) is 9.12 Å². The molecule has 102 valence electrons. The van der Waals surface area contributed by atoms with E-state index in [1.807, 2.05) is 6.92 Å². The van der Waals surface area contributed by atoms with Crippen LogP contribution in [0.4, 0.5) is 0 Å². The Morgan fingerprint density at radius 3 is 2.44 bits per heavy atom. The monoisotopic (exact) mass is 296 g/mol. The summed E-state index contributed by atoms with van der Waals surface area (Å²) in [5, 5.41) is 0. The van der Waals surface area contributed by atoms with Crippen LogP contribution in [0.1, 0.15) is 12.6 Å². The molecule has 0 aliphatic heterocycles. The van der Waals surface area contributed by atoms with Crippen molar-refractivity contribution in [3.63, 3.8) is 0 Å². The zero-order valence-electron chi connectivity index (χ0n) is 9.67. The molecule has 1 atom stereocenters. The molecular formula is C9H15NO6PS+. The minimum Gasteiger partial charge on any atom is -0.323 e. The van der Waals surface area contributed by atoms with Crippen LogP contribution in [0.15, 0.2) is 24.4 Å². The van der Waals surface area contributed by atoms with Gasteiger partial charge in [-0.2, -0.15) is 8.42 Å². The number of aromatic nitrogens is 1. The second-order valence-electron chi connectivity index (χ2n) is 3.74. The van der Waals surface area contributed by atoms with Crippen molar-refractivity contribution in [1.82, 2.24) is 0 Å². The molecule has 1 unspecified atom stereocenters. The molecule has 1 heterocycles. The third-order valence-electron chi connectivity index (χ3n) is 2.48. The SMILES string of the molecule is CC[n+]1ccccc1CC(P(=O)(O)O)S(=O)(=O)O. The van der Waals surface area contributed by atoms with Crippen LogP contribution < -0.4 is 4.57 Å². The van der Waals surface area contributed by atoms with Crippen molar-refractivity contribution >= 4 is 17.7 Å². The summed E-state index contributed by atoms with van der Waals surface area (Å²) in [6.45, 7) is 2.33. The summed E-state index contributed by atoms with van der Waals surface area (Å²) < 4.78 is 43.8. The fourth-order valence-corrected chi connectivity index (χ4v) is 3.78. The van der Waals surface area contributed by atoms with E-state index in [4.69, 9.17) is 14.3 Å². The lowest BCUT2D eigenvalue weighted by molar-refractivity contribution is -0.700. The number of rotatable bonds is 5. The van der Waals surface area contributed by atoms with Gasteiger partial charge in [-0.25, -0.2) is 4.57 Å². The molecule has 0 amide bonds. The molecule has 0 spiro atoms. The number of hydrogen-bond donors (Lipinski definition) is 3. The minimum atomic E-state index is -4.94. The van der Waals surface area contributed by atoms with Crippen LogP contribution in [-0.4, -0.2) is 27.7 Å². The van der Waals surface area contributed by atoms with Gasteiger partial charge in [0.25, 0.3) is 10.1 Å². The van der Waals surface area contributed by atoms with Crippen molar-refractivity contribution < 1.29 is 31.9 Å². The van der Waals surface area contributed by atoms with E-state index < -0.39 is 29.1 Å². The van der Waals surface area contributed by atoms with Crippen molar-refractivity contribution in [2.45, 2.75) is 24.9 Å². The number of nitrogens with zero attached hydrogens (tertiary/aromatic N) is 1. The average Bonchev–Trinajstić information content (AvgIpc) is 2.23. The highest BCUT2D eigenvalue weighted by molar-refractivity contribution is 7.93. The van der Waals surface area contributed by atoms with E-state index in [0.717, 1.165) is 0 Å². The lowest BCUT2D eigenvalue weighted by Crippen LogP contribution is -2.39. The summed E-state index contributed by atoms with van der Waals surface area (Å²) in [6.07, 6.45) is 1.22. The third-order valence-corrected chi connectivity index (χ3v) is 5.89. The van der Waals surface area contributed by atoms with Crippen LogP contribution in [0.25, 0.3) is 0 Å². The number of aryl methyl sites for hydroxylation is 1. The minimum absolute atomic E-state index is 0.422. The highest BCUT2D eigenvalue weighted by Gasteiger charge is 2.41. The third kappa shape index (κ3) is 3.86. The molecular weight excluding hydrogens is 281 g/mol. The van der Waals surface area contributed by atoms with E-state index in [-0.39, 0.29) is 0 Å². The molecule has 1 aromatic heterocycles. The summed E-state index contributed by atoms with van der Waals surface area (Å²) in [5.41, 5.74) is 0.422. The quantitative estimate of drug-likeness (QED) is 0.398. The maximum absolute atomic E-state index is 11.1. The summed E-state index contributed by atoms with van der Waals surface area (Å²) in [7, 11) is -9.77. The summed E-state index contributed by atoms with van der Waals surface area (Å²) >= 11 is 0. The predicted octanol–water partition coefficient (Wildman–Crippen LogP) is -0.0719. The highest BCUT2D eigenvalue weighted by Crippen LogP contribution is 2.45. The Balaban J connectivity index is 3.17. The molecule has 1 rings (SSSR count). The number of pyridine rings is 1. The van der Waals surface area contributed by atoms with Crippen LogP contribution in [0, 0.1) is 0 Å². The van der Waals surface area contributed by atoms with Crippen molar-refractivity contribution in [3.05, 3.63) is 30.1 Å². The van der Waals surface area contributed by atoms with Crippen LogP contribution >= 0.6 is 7.60 Å². The van der Waals surface area contributed by atoms with Gasteiger partial charge in [0, 0.05) is 12.1 Å². The Morgan fingerprint density at radius 1 is 1.39 bits per heavy atom. The average molecular weight is 296 g/mol. The molecule has 0 bridgehead atoms. The van der Waals surface area contributed by atoms with Gasteiger partial charge in [0.05, 0.1) is 6.42 Å². The maximum Gasteiger partial charge on any atom is 0.346 e. The molecule has 18 heavy (non-hydrogen) atoms. The van der Waals surface area contributed by atoms with Gasteiger partial charge in [0.1, 0.15) is 6.54 Å². The van der Waals surface area contributed by atoms with E-state index in [1.54, 1.807) is 29.0 Å². The molecule has 0 radical (unpaired) electrons. The van der Waals surface area contributed by atoms with Gasteiger partial charge >= 0.3 is 7.60 Å². The lowest BCUT2D eigenvalue weighted by Gasteiger charge is -2.14. The molecule has 9 heteroatoms. The van der Waals surface area contributed by atoms with E-state index in [9.17, 15) is 13.0 Å². The van der Waals surface area contributed by atoms with Crippen molar-refractivity contribution in [1.29, 1.82) is 0 Å². The second kappa shape index (κ2) is 5.46. The zero-order valence-corrected chi connectivity index (χ0v) is 11.4. The Kier molecular flexibility index (Phi) is 4.63. The standard InChI is InChI=1S/C9H14NO6PS/c1-2-10-6-4-3-5-8(10)7-9(17(11,12)13)18(14,15)16/h3-6,9H,2,7H2,1H3,(H2-,11,12,13,14,15,16)/p+1. The fourth-order valence-electron chi connectivity index (χ4n) is 1.58. The number of hydrogen-bond acceptors (Lipinski definition) is 3.